The van der Waals surface area contributed by atoms with Crippen LogP contribution in [0.15, 0.2) is 42.5 Å². The second kappa shape index (κ2) is 9.18. The molecule has 0 aromatic heterocycles. The van der Waals surface area contributed by atoms with Crippen LogP contribution in [0.3, 0.4) is 0 Å². The monoisotopic (exact) mass is 352 g/mol. The van der Waals surface area contributed by atoms with Gasteiger partial charge in [0.25, 0.3) is 11.8 Å². The van der Waals surface area contributed by atoms with Gasteiger partial charge < -0.3 is 10.2 Å². The summed E-state index contributed by atoms with van der Waals surface area (Å²) in [4.78, 5) is 27.2. The molecular formula is C22H28N2O2. The Balaban J connectivity index is 2.19. The smallest absolute Gasteiger partial charge is 0.255 e. The summed E-state index contributed by atoms with van der Waals surface area (Å²) in [6.07, 6.45) is 1.83. The molecule has 0 fully saturated rings. The number of hydrogen-bond acceptors (Lipinski definition) is 2. The van der Waals surface area contributed by atoms with Gasteiger partial charge in [0.1, 0.15) is 0 Å². The molecule has 0 unspecified atom stereocenters. The number of nitrogens with zero attached hydrogens (tertiary/aromatic N) is 1. The third kappa shape index (κ3) is 4.94. The number of hydrogen-bond donors (Lipinski definition) is 1. The summed E-state index contributed by atoms with van der Waals surface area (Å²) in [5.74, 6) is -0.223. The van der Waals surface area contributed by atoms with Crippen molar-refractivity contribution in [2.24, 2.45) is 0 Å². The first-order valence-corrected chi connectivity index (χ1v) is 9.24. The standard InChI is InChI=1S/C22H28N2O2/c1-5-12-24(13-6-2)22(26)19-9-7-8-18(15-19)21(25)23-20-11-10-16(3)14-17(20)4/h7-11,14-15H,5-6,12-13H2,1-4H3,(H,23,25). The Morgan fingerprint density at radius 1 is 0.923 bits per heavy atom. The van der Waals surface area contributed by atoms with Gasteiger partial charge in [-0.3, -0.25) is 9.59 Å². The summed E-state index contributed by atoms with van der Waals surface area (Å²) in [5, 5.41) is 2.94. The fourth-order valence-electron chi connectivity index (χ4n) is 2.98. The lowest BCUT2D eigenvalue weighted by atomic mass is 10.1. The van der Waals surface area contributed by atoms with E-state index >= 15 is 0 Å². The Morgan fingerprint density at radius 2 is 1.58 bits per heavy atom. The minimum absolute atomic E-state index is 0.0186. The molecule has 2 aromatic rings. The predicted octanol–water partition coefficient (Wildman–Crippen LogP) is 4.82. The topological polar surface area (TPSA) is 49.4 Å². The van der Waals surface area contributed by atoms with Gasteiger partial charge in [-0.05, 0) is 56.5 Å². The number of carbonyl (C=O) groups excluding carboxylic acids is 2. The van der Waals surface area contributed by atoms with Crippen LogP contribution in [0.2, 0.25) is 0 Å². The van der Waals surface area contributed by atoms with Crippen LogP contribution in [0, 0.1) is 13.8 Å². The molecule has 0 aliphatic rings. The highest BCUT2D eigenvalue weighted by Gasteiger charge is 2.16. The fraction of sp³-hybridized carbons (Fsp3) is 0.364. The molecule has 2 rings (SSSR count). The van der Waals surface area contributed by atoms with Crippen molar-refractivity contribution in [3.63, 3.8) is 0 Å². The Bertz CT molecular complexity index is 777. The first-order valence-electron chi connectivity index (χ1n) is 9.24. The van der Waals surface area contributed by atoms with Crippen molar-refractivity contribution in [3.05, 3.63) is 64.7 Å². The van der Waals surface area contributed by atoms with Gasteiger partial charge in [0.2, 0.25) is 0 Å². The van der Waals surface area contributed by atoms with Crippen LogP contribution in [-0.4, -0.2) is 29.8 Å². The summed E-state index contributed by atoms with van der Waals surface area (Å²) >= 11 is 0. The molecule has 0 bridgehead atoms. The molecule has 0 atom stereocenters. The van der Waals surface area contributed by atoms with Gasteiger partial charge in [-0.1, -0.05) is 37.6 Å². The Morgan fingerprint density at radius 3 is 2.19 bits per heavy atom. The van der Waals surface area contributed by atoms with Gasteiger partial charge in [-0.25, -0.2) is 0 Å². The zero-order chi connectivity index (χ0) is 19.1. The molecule has 0 spiro atoms. The largest absolute Gasteiger partial charge is 0.339 e. The Labute approximate surface area is 156 Å². The maximum absolute atomic E-state index is 12.7. The normalized spacial score (nSPS) is 10.5. The molecule has 26 heavy (non-hydrogen) atoms. The number of rotatable bonds is 7. The SMILES string of the molecule is CCCN(CCC)C(=O)c1cccc(C(=O)Nc2ccc(C)cc2C)c1. The van der Waals surface area contributed by atoms with Crippen molar-refractivity contribution in [2.75, 3.05) is 18.4 Å². The van der Waals surface area contributed by atoms with Gasteiger partial charge >= 0.3 is 0 Å². The van der Waals surface area contributed by atoms with Crippen LogP contribution >= 0.6 is 0 Å². The average molecular weight is 352 g/mol. The molecule has 0 heterocycles. The van der Waals surface area contributed by atoms with E-state index in [1.807, 2.05) is 36.9 Å². The van der Waals surface area contributed by atoms with E-state index in [1.165, 1.54) is 0 Å². The van der Waals surface area contributed by atoms with Crippen molar-refractivity contribution in [1.82, 2.24) is 4.90 Å². The van der Waals surface area contributed by atoms with E-state index in [4.69, 9.17) is 0 Å². The summed E-state index contributed by atoms with van der Waals surface area (Å²) in [7, 11) is 0. The molecule has 2 amide bonds. The van der Waals surface area contributed by atoms with Crippen LogP contribution < -0.4 is 5.32 Å². The summed E-state index contributed by atoms with van der Waals surface area (Å²) in [5.41, 5.74) is 4.00. The van der Waals surface area contributed by atoms with E-state index in [-0.39, 0.29) is 11.8 Å². The van der Waals surface area contributed by atoms with Crippen LogP contribution in [0.25, 0.3) is 0 Å². The number of benzene rings is 2. The van der Waals surface area contributed by atoms with Crippen molar-refractivity contribution in [1.29, 1.82) is 0 Å². The predicted molar refractivity (Wildman–Crippen MR) is 107 cm³/mol. The third-order valence-electron chi connectivity index (χ3n) is 4.28. The van der Waals surface area contributed by atoms with Gasteiger partial charge in [0.05, 0.1) is 0 Å². The van der Waals surface area contributed by atoms with E-state index in [2.05, 4.69) is 19.2 Å². The zero-order valence-electron chi connectivity index (χ0n) is 16.1. The fourth-order valence-corrected chi connectivity index (χ4v) is 2.98. The minimum Gasteiger partial charge on any atom is -0.339 e. The number of nitrogens with one attached hydrogen (secondary N) is 1. The Kier molecular flexibility index (Phi) is 6.96. The van der Waals surface area contributed by atoms with E-state index in [0.717, 1.165) is 42.7 Å². The maximum Gasteiger partial charge on any atom is 0.255 e. The first kappa shape index (κ1) is 19.7. The first-order chi connectivity index (χ1) is 12.5. The van der Waals surface area contributed by atoms with Gasteiger partial charge in [0, 0.05) is 29.9 Å². The van der Waals surface area contributed by atoms with Crippen LogP contribution in [0.1, 0.15) is 58.5 Å². The second-order valence-corrected chi connectivity index (χ2v) is 6.65. The van der Waals surface area contributed by atoms with E-state index in [0.29, 0.717) is 11.1 Å². The highest BCUT2D eigenvalue weighted by atomic mass is 16.2. The molecule has 0 saturated carbocycles. The summed E-state index contributed by atoms with van der Waals surface area (Å²) < 4.78 is 0. The number of anilines is 1. The van der Waals surface area contributed by atoms with Crippen LogP contribution in [0.5, 0.6) is 0 Å². The molecule has 0 radical (unpaired) electrons. The van der Waals surface area contributed by atoms with E-state index in [1.54, 1.807) is 24.3 Å². The molecular weight excluding hydrogens is 324 g/mol. The average Bonchev–Trinajstić information content (AvgIpc) is 2.63. The zero-order valence-corrected chi connectivity index (χ0v) is 16.1. The molecule has 0 aliphatic carbocycles. The molecule has 0 aliphatic heterocycles. The molecule has 2 aromatic carbocycles. The summed E-state index contributed by atoms with van der Waals surface area (Å²) in [6.45, 7) is 9.56. The second-order valence-electron chi connectivity index (χ2n) is 6.65. The Hall–Kier alpha value is -2.62. The lowest BCUT2D eigenvalue weighted by molar-refractivity contribution is 0.0755. The lowest BCUT2D eigenvalue weighted by Gasteiger charge is -2.21. The third-order valence-corrected chi connectivity index (χ3v) is 4.28. The number of amides is 2. The number of aryl methyl sites for hydroxylation is 2. The maximum atomic E-state index is 12.7. The van der Waals surface area contributed by atoms with Gasteiger partial charge in [0.15, 0.2) is 0 Å². The van der Waals surface area contributed by atoms with E-state index in [9.17, 15) is 9.59 Å². The molecule has 0 saturated heterocycles. The van der Waals surface area contributed by atoms with E-state index < -0.39 is 0 Å². The highest BCUT2D eigenvalue weighted by Crippen LogP contribution is 2.18. The highest BCUT2D eigenvalue weighted by molar-refractivity contribution is 6.06. The molecule has 4 nitrogen and oxygen atoms in total. The quantitative estimate of drug-likeness (QED) is 0.777. The van der Waals surface area contributed by atoms with Crippen molar-refractivity contribution < 1.29 is 9.59 Å². The van der Waals surface area contributed by atoms with Gasteiger partial charge in [-0.15, -0.1) is 0 Å². The van der Waals surface area contributed by atoms with Gasteiger partial charge in [-0.2, -0.15) is 0 Å². The number of carbonyl (C=O) groups is 2. The van der Waals surface area contributed by atoms with Crippen LogP contribution in [-0.2, 0) is 0 Å². The lowest BCUT2D eigenvalue weighted by Crippen LogP contribution is -2.32. The summed E-state index contributed by atoms with van der Waals surface area (Å²) in [6, 6.07) is 12.9. The minimum atomic E-state index is -0.205. The van der Waals surface area contributed by atoms with Crippen LogP contribution in [0.4, 0.5) is 5.69 Å². The van der Waals surface area contributed by atoms with Crippen molar-refractivity contribution in [2.45, 2.75) is 40.5 Å². The van der Waals surface area contributed by atoms with Crippen molar-refractivity contribution in [3.8, 4) is 0 Å². The molecule has 4 heteroatoms. The molecule has 1 N–H and O–H groups in total. The molecule has 138 valence electrons. The van der Waals surface area contributed by atoms with Crippen molar-refractivity contribution >= 4 is 17.5 Å².